The van der Waals surface area contributed by atoms with Gasteiger partial charge >= 0.3 is 0 Å². The van der Waals surface area contributed by atoms with E-state index in [4.69, 9.17) is 0 Å². The molecule has 0 saturated carbocycles. The maximum atomic E-state index is 2.44. The van der Waals surface area contributed by atoms with Crippen molar-refractivity contribution in [3.05, 3.63) is 174 Å². The molecule has 0 radical (unpaired) electrons. The van der Waals surface area contributed by atoms with Gasteiger partial charge in [-0.2, -0.15) is 0 Å². The van der Waals surface area contributed by atoms with E-state index in [1.54, 1.807) is 0 Å². The van der Waals surface area contributed by atoms with Crippen LogP contribution in [0.5, 0.6) is 0 Å². The minimum atomic E-state index is 0.284. The molecule has 0 amide bonds. The second-order valence-corrected chi connectivity index (χ2v) is 12.9. The Balaban J connectivity index is 1.24. The molecule has 0 spiro atoms. The van der Waals surface area contributed by atoms with E-state index in [0.29, 0.717) is 0 Å². The summed E-state index contributed by atoms with van der Waals surface area (Å²) in [5, 5.41) is 7.82. The van der Waals surface area contributed by atoms with Gasteiger partial charge in [0, 0.05) is 5.92 Å². The highest BCUT2D eigenvalue weighted by atomic mass is 14.3. The van der Waals surface area contributed by atoms with Crippen LogP contribution < -0.4 is 0 Å². The molecule has 0 saturated heterocycles. The summed E-state index contributed by atoms with van der Waals surface area (Å²) in [6.07, 6.45) is 2.35. The molecular weight excluding hydrogens is 553 g/mol. The molecule has 0 aromatic heterocycles. The number of fused-ring (bicyclic) bond motifs is 6. The van der Waals surface area contributed by atoms with Gasteiger partial charge in [-0.3, -0.25) is 0 Å². The molecule has 0 bridgehead atoms. The molecule has 1 unspecified atom stereocenters. The number of rotatable bonds is 3. The zero-order valence-corrected chi connectivity index (χ0v) is 25.6. The van der Waals surface area contributed by atoms with Crippen molar-refractivity contribution in [2.45, 2.75) is 12.8 Å². The third-order valence-electron chi connectivity index (χ3n) is 10.4. The van der Waals surface area contributed by atoms with Gasteiger partial charge in [-0.15, -0.1) is 0 Å². The van der Waals surface area contributed by atoms with E-state index in [9.17, 15) is 0 Å². The van der Waals surface area contributed by atoms with Gasteiger partial charge in [-0.1, -0.05) is 151 Å². The van der Waals surface area contributed by atoms with Crippen LogP contribution in [-0.4, -0.2) is 0 Å². The fourth-order valence-corrected chi connectivity index (χ4v) is 8.51. The summed E-state index contributed by atoms with van der Waals surface area (Å²) >= 11 is 0. The van der Waals surface area contributed by atoms with Crippen molar-refractivity contribution >= 4 is 38.4 Å². The minimum absolute atomic E-state index is 0.284. The van der Waals surface area contributed by atoms with Crippen molar-refractivity contribution in [3.8, 4) is 44.5 Å². The second kappa shape index (κ2) is 9.64. The Bertz CT molecular complexity index is 2540. The van der Waals surface area contributed by atoms with Gasteiger partial charge < -0.3 is 0 Å². The summed E-state index contributed by atoms with van der Waals surface area (Å²) in [4.78, 5) is 0. The third kappa shape index (κ3) is 3.56. The zero-order chi connectivity index (χ0) is 30.4. The number of allylic oxidation sites excluding steroid dienone is 1. The molecule has 0 N–H and O–H groups in total. The van der Waals surface area contributed by atoms with Gasteiger partial charge in [0.15, 0.2) is 0 Å². The Morgan fingerprint density at radius 1 is 0.435 bits per heavy atom. The molecule has 0 nitrogen and oxygen atoms in total. The molecular formula is C46H30. The minimum Gasteiger partial charge on any atom is -0.0619 e. The largest absolute Gasteiger partial charge is 0.0619 e. The monoisotopic (exact) mass is 582 g/mol. The van der Waals surface area contributed by atoms with Crippen molar-refractivity contribution in [3.63, 3.8) is 0 Å². The van der Waals surface area contributed by atoms with Crippen molar-refractivity contribution < 1.29 is 0 Å². The average molecular weight is 583 g/mol. The molecule has 2 aliphatic rings. The van der Waals surface area contributed by atoms with E-state index in [2.05, 4.69) is 165 Å². The summed E-state index contributed by atoms with van der Waals surface area (Å²) in [5.41, 5.74) is 16.0. The zero-order valence-electron chi connectivity index (χ0n) is 25.6. The first-order valence-electron chi connectivity index (χ1n) is 16.2. The normalized spacial score (nSPS) is 14.5. The first-order valence-corrected chi connectivity index (χ1v) is 16.2. The smallest absolute Gasteiger partial charge is 0.0305 e. The fraction of sp³-hybridized carbons (Fsp3) is 0.0435. The van der Waals surface area contributed by atoms with Gasteiger partial charge in [-0.05, 0) is 113 Å². The molecule has 8 aromatic rings. The topological polar surface area (TPSA) is 0 Å². The van der Waals surface area contributed by atoms with Crippen LogP contribution in [0.15, 0.2) is 157 Å². The lowest BCUT2D eigenvalue weighted by Crippen LogP contribution is -2.00. The maximum Gasteiger partial charge on any atom is 0.0305 e. The molecule has 0 heterocycles. The van der Waals surface area contributed by atoms with Crippen LogP contribution in [0.2, 0.25) is 0 Å². The van der Waals surface area contributed by atoms with Crippen LogP contribution in [0, 0.1) is 0 Å². The predicted molar refractivity (Wildman–Crippen MR) is 196 cm³/mol. The molecule has 2 aliphatic carbocycles. The van der Waals surface area contributed by atoms with E-state index < -0.39 is 0 Å². The second-order valence-electron chi connectivity index (χ2n) is 12.9. The first kappa shape index (κ1) is 25.6. The van der Waals surface area contributed by atoms with Gasteiger partial charge in [0.1, 0.15) is 0 Å². The Morgan fingerprint density at radius 3 is 1.76 bits per heavy atom. The van der Waals surface area contributed by atoms with Gasteiger partial charge in [0.25, 0.3) is 0 Å². The van der Waals surface area contributed by atoms with Gasteiger partial charge in [0.05, 0.1) is 0 Å². The van der Waals surface area contributed by atoms with E-state index in [1.165, 1.54) is 99.1 Å². The molecule has 10 rings (SSSR count). The Labute approximate surface area is 268 Å². The van der Waals surface area contributed by atoms with E-state index in [0.717, 1.165) is 0 Å². The summed E-state index contributed by atoms with van der Waals surface area (Å²) < 4.78 is 0. The molecule has 214 valence electrons. The third-order valence-corrected chi connectivity index (χ3v) is 10.4. The first-order chi connectivity index (χ1) is 22.7. The fourth-order valence-electron chi connectivity index (χ4n) is 8.51. The summed E-state index contributed by atoms with van der Waals surface area (Å²) in [7, 11) is 0. The molecule has 0 heteroatoms. The molecule has 0 fully saturated rings. The highest BCUT2D eigenvalue weighted by Crippen LogP contribution is 2.51. The maximum absolute atomic E-state index is 2.44. The molecule has 0 aliphatic heterocycles. The van der Waals surface area contributed by atoms with Gasteiger partial charge in [0.2, 0.25) is 0 Å². The van der Waals surface area contributed by atoms with E-state index in [1.807, 2.05) is 0 Å². The van der Waals surface area contributed by atoms with Crippen molar-refractivity contribution in [1.29, 1.82) is 0 Å². The standard InChI is InChI=1S/C46H30/c1-28-24-29-12-2-3-16-34(29)43(28)30-13-10-14-31(25-30)44-38-19-6-8-21-40(38)46(41-22-9-7-20-39(41)44)33-26-32-15-11-23-37-35-17-4-5-18-36(35)42(27-33)45(32)37/h2-27,43H,1H3. The van der Waals surface area contributed by atoms with Crippen LogP contribution in [0.25, 0.3) is 82.9 Å². The quantitative estimate of drug-likeness (QED) is 0.182. The lowest BCUT2D eigenvalue weighted by Gasteiger charge is -2.20. The van der Waals surface area contributed by atoms with Crippen LogP contribution in [0.3, 0.4) is 0 Å². The van der Waals surface area contributed by atoms with E-state index >= 15 is 0 Å². The Morgan fingerprint density at radius 2 is 1.02 bits per heavy atom. The SMILES string of the molecule is CC1=Cc2ccccc2C1c1cccc(-c2c3ccccc3c(-c3cc4c5c(cccc5c3)-c3ccccc3-4)c3ccccc23)c1. The molecule has 8 aromatic carbocycles. The highest BCUT2D eigenvalue weighted by Gasteiger charge is 2.26. The number of benzene rings is 8. The summed E-state index contributed by atoms with van der Waals surface area (Å²) in [6, 6.07) is 56.6. The predicted octanol–water partition coefficient (Wildman–Crippen LogP) is 12.7. The highest BCUT2D eigenvalue weighted by molar-refractivity contribution is 6.23. The lowest BCUT2D eigenvalue weighted by molar-refractivity contribution is 0.977. The Kier molecular flexibility index (Phi) is 5.36. The van der Waals surface area contributed by atoms with Crippen LogP contribution in [0.1, 0.15) is 29.5 Å². The Hall–Kier alpha value is -5.72. The lowest BCUT2D eigenvalue weighted by atomic mass is 9.83. The van der Waals surface area contributed by atoms with Crippen LogP contribution >= 0.6 is 0 Å². The molecule has 1 atom stereocenters. The summed E-state index contributed by atoms with van der Waals surface area (Å²) in [5.74, 6) is 0.284. The molecule has 46 heavy (non-hydrogen) atoms. The van der Waals surface area contributed by atoms with Crippen molar-refractivity contribution in [2.75, 3.05) is 0 Å². The summed E-state index contributed by atoms with van der Waals surface area (Å²) in [6.45, 7) is 2.27. The van der Waals surface area contributed by atoms with Crippen molar-refractivity contribution in [1.82, 2.24) is 0 Å². The number of hydrogen-bond acceptors (Lipinski definition) is 0. The van der Waals surface area contributed by atoms with Crippen LogP contribution in [0.4, 0.5) is 0 Å². The van der Waals surface area contributed by atoms with Gasteiger partial charge in [-0.25, -0.2) is 0 Å². The average Bonchev–Trinajstić information content (AvgIpc) is 3.62. The number of hydrogen-bond donors (Lipinski definition) is 0. The van der Waals surface area contributed by atoms with Crippen LogP contribution in [-0.2, 0) is 0 Å². The van der Waals surface area contributed by atoms with E-state index in [-0.39, 0.29) is 5.92 Å². The van der Waals surface area contributed by atoms with Crippen molar-refractivity contribution in [2.24, 2.45) is 0 Å².